The summed E-state index contributed by atoms with van der Waals surface area (Å²) in [4.78, 5) is 23.8. The Morgan fingerprint density at radius 2 is 1.61 bits per heavy atom. The molecule has 0 aromatic heterocycles. The summed E-state index contributed by atoms with van der Waals surface area (Å²) >= 11 is 0. The molecule has 1 aliphatic rings. The first-order chi connectivity index (χ1) is 8.43. The Labute approximate surface area is 107 Å². The first-order valence-electron chi connectivity index (χ1n) is 6.37. The normalized spacial score (nSPS) is 21.6. The van der Waals surface area contributed by atoms with E-state index in [0.717, 1.165) is 32.2 Å². The van der Waals surface area contributed by atoms with Gasteiger partial charge in [-0.25, -0.2) is 0 Å². The number of aliphatic carboxylic acids is 2. The molecule has 0 radical (unpaired) electrons. The van der Waals surface area contributed by atoms with Crippen molar-refractivity contribution in [2.24, 2.45) is 0 Å². The lowest BCUT2D eigenvalue weighted by atomic mass is 10.2. The molecule has 0 saturated carbocycles. The van der Waals surface area contributed by atoms with Gasteiger partial charge in [0.1, 0.15) is 19.8 Å². The molecule has 1 heterocycles. The van der Waals surface area contributed by atoms with Crippen LogP contribution < -0.4 is 10.2 Å². The van der Waals surface area contributed by atoms with Gasteiger partial charge in [-0.05, 0) is 26.3 Å². The van der Waals surface area contributed by atoms with Crippen LogP contribution in [0, 0.1) is 0 Å². The van der Waals surface area contributed by atoms with Crippen LogP contribution in [0.5, 0.6) is 0 Å². The maximum Gasteiger partial charge on any atom is 0.135 e. The molecule has 18 heavy (non-hydrogen) atoms. The summed E-state index contributed by atoms with van der Waals surface area (Å²) in [6.07, 6.45) is 4.01. The highest BCUT2D eigenvalue weighted by Gasteiger charge is 2.29. The van der Waals surface area contributed by atoms with Crippen LogP contribution in [0.1, 0.15) is 25.7 Å². The van der Waals surface area contributed by atoms with E-state index in [0.29, 0.717) is 13.2 Å². The molecule has 0 aliphatic carbocycles. The number of quaternary nitrogens is 1. The number of carbonyl (C=O) groups excluding carboxylic acids is 2. The molecule has 1 saturated heterocycles. The largest absolute Gasteiger partial charge is 0.544 e. The highest BCUT2D eigenvalue weighted by Crippen LogP contribution is 2.15. The monoisotopic (exact) mass is 257 g/mol. The van der Waals surface area contributed by atoms with Crippen molar-refractivity contribution in [2.45, 2.75) is 25.7 Å². The van der Waals surface area contributed by atoms with Gasteiger partial charge < -0.3 is 24.3 Å². The van der Waals surface area contributed by atoms with E-state index in [1.165, 1.54) is 0 Å². The zero-order valence-electron chi connectivity index (χ0n) is 10.9. The highest BCUT2D eigenvalue weighted by atomic mass is 16.4. The topological polar surface area (TPSA) is 83.5 Å². The van der Waals surface area contributed by atoms with Gasteiger partial charge in [-0.3, -0.25) is 4.90 Å². The van der Waals surface area contributed by atoms with E-state index < -0.39 is 11.9 Å². The quantitative estimate of drug-likeness (QED) is 0.532. The minimum atomic E-state index is -1.20. The number of nitrogens with zero attached hydrogens (tertiary/aromatic N) is 2. The highest BCUT2D eigenvalue weighted by molar-refractivity contribution is 5.68. The van der Waals surface area contributed by atoms with E-state index in [4.69, 9.17) is 0 Å². The summed E-state index contributed by atoms with van der Waals surface area (Å²) in [6, 6.07) is 0. The van der Waals surface area contributed by atoms with Gasteiger partial charge in [0.15, 0.2) is 0 Å². The van der Waals surface area contributed by atoms with E-state index >= 15 is 0 Å². The van der Waals surface area contributed by atoms with Crippen molar-refractivity contribution in [1.82, 2.24) is 4.90 Å². The molecule has 1 fully saturated rings. The fourth-order valence-corrected chi connectivity index (χ4v) is 2.70. The van der Waals surface area contributed by atoms with Gasteiger partial charge in [0.2, 0.25) is 0 Å². The molecule has 0 amide bonds. The van der Waals surface area contributed by atoms with E-state index in [-0.39, 0.29) is 17.6 Å². The maximum atomic E-state index is 10.9. The average Bonchev–Trinajstić information content (AvgIpc) is 2.27. The Hall–Kier alpha value is -1.14. The molecule has 6 nitrogen and oxygen atoms in total. The van der Waals surface area contributed by atoms with Crippen molar-refractivity contribution in [1.29, 1.82) is 0 Å². The van der Waals surface area contributed by atoms with E-state index in [9.17, 15) is 19.8 Å². The lowest BCUT2D eigenvalue weighted by Crippen LogP contribution is -2.62. The summed E-state index contributed by atoms with van der Waals surface area (Å²) in [5, 5.41) is 21.8. The second-order valence-electron chi connectivity index (χ2n) is 5.26. The third-order valence-electron chi connectivity index (χ3n) is 3.39. The van der Waals surface area contributed by atoms with E-state index in [1.54, 1.807) is 0 Å². The summed E-state index contributed by atoms with van der Waals surface area (Å²) in [6.45, 7) is 1.30. The molecule has 0 aromatic carbocycles. The third-order valence-corrected chi connectivity index (χ3v) is 3.39. The first-order valence-corrected chi connectivity index (χ1v) is 6.37. The molecule has 6 heteroatoms. The zero-order chi connectivity index (χ0) is 13.6. The number of rotatable bonds is 4. The van der Waals surface area contributed by atoms with Gasteiger partial charge in [0.25, 0.3) is 0 Å². The second kappa shape index (κ2) is 6.70. The molecule has 104 valence electrons. The van der Waals surface area contributed by atoms with Crippen LogP contribution in [0.2, 0.25) is 0 Å². The summed E-state index contributed by atoms with van der Waals surface area (Å²) in [7, 11) is 1.89. The van der Waals surface area contributed by atoms with Crippen LogP contribution in [0.15, 0.2) is 0 Å². The van der Waals surface area contributed by atoms with Crippen LogP contribution in [-0.2, 0) is 9.59 Å². The predicted molar refractivity (Wildman–Crippen MR) is 60.8 cm³/mol. The van der Waals surface area contributed by atoms with Crippen LogP contribution in [0.3, 0.4) is 0 Å². The van der Waals surface area contributed by atoms with Gasteiger partial charge in [0, 0.05) is 6.54 Å². The SMILES string of the molecule is CN1CCCCCC[N+](CC(=O)[O-])(CC(=O)[O-])C1. The Balaban J connectivity index is 2.85. The fraction of sp³-hybridized carbons (Fsp3) is 0.833. The number of hydrogen-bond acceptors (Lipinski definition) is 5. The Morgan fingerprint density at radius 3 is 2.17 bits per heavy atom. The number of carboxylic acid groups (broad SMARTS) is 2. The lowest BCUT2D eigenvalue weighted by Gasteiger charge is -2.41. The molecular formula is C12H21N2O4-. The van der Waals surface area contributed by atoms with E-state index in [1.807, 2.05) is 11.9 Å². The first kappa shape index (κ1) is 14.9. The van der Waals surface area contributed by atoms with Crippen LogP contribution in [0.4, 0.5) is 0 Å². The van der Waals surface area contributed by atoms with Crippen molar-refractivity contribution in [3.05, 3.63) is 0 Å². The predicted octanol–water partition coefficient (Wildman–Crippen LogP) is -2.23. The standard InChI is InChI=1S/C12H22N2O4/c1-13-6-4-2-3-5-7-14(10-13,8-11(15)16)9-12(17)18/h2-10H2,1H3,(H-,15,16,17,18)/p-1. The molecule has 1 rings (SSSR count). The average molecular weight is 257 g/mol. The van der Waals surface area contributed by atoms with Gasteiger partial charge in [-0.15, -0.1) is 0 Å². The smallest absolute Gasteiger partial charge is 0.135 e. The van der Waals surface area contributed by atoms with Crippen molar-refractivity contribution in [3.63, 3.8) is 0 Å². The van der Waals surface area contributed by atoms with Crippen molar-refractivity contribution in [3.8, 4) is 0 Å². The van der Waals surface area contributed by atoms with Gasteiger partial charge in [-0.1, -0.05) is 6.42 Å². The summed E-state index contributed by atoms with van der Waals surface area (Å²) < 4.78 is 0.00116. The molecule has 0 N–H and O–H groups in total. The maximum absolute atomic E-state index is 10.9. The minimum Gasteiger partial charge on any atom is -0.544 e. The molecule has 1 aliphatic heterocycles. The summed E-state index contributed by atoms with van der Waals surface area (Å²) in [5.74, 6) is -2.41. The number of carboxylic acids is 2. The Kier molecular flexibility index (Phi) is 5.55. The Bertz CT molecular complexity index is 290. The van der Waals surface area contributed by atoms with E-state index in [2.05, 4.69) is 0 Å². The number of hydrogen-bond donors (Lipinski definition) is 0. The van der Waals surface area contributed by atoms with Crippen molar-refractivity contribution in [2.75, 3.05) is 39.9 Å². The summed E-state index contributed by atoms with van der Waals surface area (Å²) in [5.41, 5.74) is 0. The van der Waals surface area contributed by atoms with Gasteiger partial charge in [0.05, 0.1) is 18.5 Å². The number of carbonyl (C=O) groups is 2. The fourth-order valence-electron chi connectivity index (χ4n) is 2.70. The molecule has 0 spiro atoms. The second-order valence-corrected chi connectivity index (χ2v) is 5.26. The lowest BCUT2D eigenvalue weighted by molar-refractivity contribution is -0.926. The van der Waals surface area contributed by atoms with Crippen LogP contribution >= 0.6 is 0 Å². The Morgan fingerprint density at radius 1 is 1.06 bits per heavy atom. The molecule has 0 aromatic rings. The van der Waals surface area contributed by atoms with Gasteiger partial charge in [-0.2, -0.15) is 0 Å². The molecule has 0 bridgehead atoms. The van der Waals surface area contributed by atoms with Crippen LogP contribution in [-0.4, -0.2) is 61.2 Å². The molecule has 0 unspecified atom stereocenters. The van der Waals surface area contributed by atoms with Crippen molar-refractivity contribution < 1.29 is 24.3 Å². The van der Waals surface area contributed by atoms with Crippen LogP contribution in [0.25, 0.3) is 0 Å². The minimum absolute atomic E-state index is 0.00116. The third kappa shape index (κ3) is 5.01. The zero-order valence-corrected chi connectivity index (χ0v) is 10.9. The molecular weight excluding hydrogens is 236 g/mol. The van der Waals surface area contributed by atoms with Gasteiger partial charge >= 0.3 is 0 Å². The molecule has 0 atom stereocenters. The van der Waals surface area contributed by atoms with Crippen molar-refractivity contribution >= 4 is 11.9 Å².